The van der Waals surface area contributed by atoms with Gasteiger partial charge in [-0.3, -0.25) is 0 Å². The summed E-state index contributed by atoms with van der Waals surface area (Å²) in [4.78, 5) is 9.76. The lowest BCUT2D eigenvalue weighted by atomic mass is 9.84. The van der Waals surface area contributed by atoms with Gasteiger partial charge in [-0.15, -0.1) is 0 Å². The van der Waals surface area contributed by atoms with E-state index in [1.807, 2.05) is 56.3 Å². The largest absolute Gasteiger partial charge is 0.483 e. The highest BCUT2D eigenvalue weighted by atomic mass is 35.5. The summed E-state index contributed by atoms with van der Waals surface area (Å²) in [6, 6.07) is 13.6. The maximum Gasteiger partial charge on any atom is 0.212 e. The summed E-state index contributed by atoms with van der Waals surface area (Å²) in [5, 5.41) is 0.661. The van der Waals surface area contributed by atoms with Gasteiger partial charge in [-0.1, -0.05) is 50.6 Å². The standard InChI is InChI=1S/C26H33ClN2O3/c1-16(2)23-24(30-6)29-26(5,25(28-23)31-7)15-18(4)21-12-11-20(14-22(21)27)32-19-10-8-9-17(3)13-19/h8-14,16,18,23H,15H2,1-7H3/t18?,23-,26+/m0/s1. The lowest BCUT2D eigenvalue weighted by Gasteiger charge is -2.35. The Bertz CT molecular complexity index is 1020. The van der Waals surface area contributed by atoms with Crippen LogP contribution >= 0.6 is 11.6 Å². The van der Waals surface area contributed by atoms with E-state index in [-0.39, 0.29) is 17.9 Å². The molecular weight excluding hydrogens is 424 g/mol. The molecule has 2 aromatic carbocycles. The third-order valence-corrected chi connectivity index (χ3v) is 6.12. The van der Waals surface area contributed by atoms with Crippen LogP contribution in [0.5, 0.6) is 11.5 Å². The summed E-state index contributed by atoms with van der Waals surface area (Å²) in [6.07, 6.45) is 0.676. The molecule has 172 valence electrons. The highest BCUT2D eigenvalue weighted by molar-refractivity contribution is 6.31. The molecular formula is C26H33ClN2O3. The van der Waals surface area contributed by atoms with Gasteiger partial charge in [-0.25, -0.2) is 9.98 Å². The van der Waals surface area contributed by atoms with E-state index in [9.17, 15) is 0 Å². The molecule has 6 heteroatoms. The van der Waals surface area contributed by atoms with Crippen LogP contribution in [0, 0.1) is 12.8 Å². The number of benzene rings is 2. The zero-order chi connectivity index (χ0) is 23.5. The number of aryl methyl sites for hydroxylation is 1. The average Bonchev–Trinajstić information content (AvgIpc) is 2.73. The topological polar surface area (TPSA) is 52.4 Å². The first-order valence-corrected chi connectivity index (χ1v) is 11.3. The molecule has 1 aliphatic rings. The van der Waals surface area contributed by atoms with Crippen molar-refractivity contribution in [2.24, 2.45) is 15.9 Å². The summed E-state index contributed by atoms with van der Waals surface area (Å²) in [5.41, 5.74) is 1.54. The van der Waals surface area contributed by atoms with Crippen LogP contribution in [0.25, 0.3) is 0 Å². The van der Waals surface area contributed by atoms with Gasteiger partial charge in [0.05, 0.1) is 14.2 Å². The van der Waals surface area contributed by atoms with Gasteiger partial charge in [-0.05, 0) is 67.5 Å². The molecule has 0 amide bonds. The van der Waals surface area contributed by atoms with E-state index in [1.165, 1.54) is 0 Å². The highest BCUT2D eigenvalue weighted by Crippen LogP contribution is 2.37. The average molecular weight is 457 g/mol. The van der Waals surface area contributed by atoms with E-state index in [4.69, 9.17) is 35.8 Å². The molecule has 0 aliphatic carbocycles. The van der Waals surface area contributed by atoms with E-state index in [1.54, 1.807) is 14.2 Å². The molecule has 0 saturated carbocycles. The second-order valence-corrected chi connectivity index (χ2v) is 9.37. The first-order valence-electron chi connectivity index (χ1n) is 11.0. The minimum atomic E-state index is -0.634. The monoisotopic (exact) mass is 456 g/mol. The fourth-order valence-corrected chi connectivity index (χ4v) is 4.53. The van der Waals surface area contributed by atoms with Gasteiger partial charge in [0.2, 0.25) is 11.8 Å². The van der Waals surface area contributed by atoms with Crippen LogP contribution in [-0.2, 0) is 9.47 Å². The van der Waals surface area contributed by atoms with Crippen molar-refractivity contribution in [2.75, 3.05) is 14.2 Å². The number of aliphatic imine (C=N–C) groups is 2. The van der Waals surface area contributed by atoms with Crippen molar-refractivity contribution >= 4 is 23.4 Å². The Balaban J connectivity index is 1.82. The Hall–Kier alpha value is -2.53. The highest BCUT2D eigenvalue weighted by Gasteiger charge is 2.41. The van der Waals surface area contributed by atoms with Crippen molar-refractivity contribution in [3.8, 4) is 11.5 Å². The van der Waals surface area contributed by atoms with E-state index in [0.29, 0.717) is 29.0 Å². The van der Waals surface area contributed by atoms with Crippen LogP contribution in [0.3, 0.4) is 0 Å². The molecule has 1 heterocycles. The van der Waals surface area contributed by atoms with Gasteiger partial charge < -0.3 is 14.2 Å². The summed E-state index contributed by atoms with van der Waals surface area (Å²) >= 11 is 6.67. The zero-order valence-electron chi connectivity index (χ0n) is 20.0. The van der Waals surface area contributed by atoms with E-state index in [0.717, 1.165) is 16.9 Å². The van der Waals surface area contributed by atoms with Gasteiger partial charge in [0.25, 0.3) is 0 Å². The smallest absolute Gasteiger partial charge is 0.212 e. The SMILES string of the molecule is COC1=N[C@](C)(CC(C)c2ccc(Oc3cccc(C)c3)cc2Cl)C(OC)=N[C@H]1C(C)C. The van der Waals surface area contributed by atoms with E-state index >= 15 is 0 Å². The van der Waals surface area contributed by atoms with Gasteiger partial charge in [0.1, 0.15) is 23.1 Å². The van der Waals surface area contributed by atoms with Crippen molar-refractivity contribution in [2.45, 2.75) is 58.5 Å². The third-order valence-electron chi connectivity index (χ3n) is 5.79. The van der Waals surface area contributed by atoms with Crippen LogP contribution in [0.4, 0.5) is 0 Å². The number of methoxy groups -OCH3 is 2. The maximum atomic E-state index is 6.67. The van der Waals surface area contributed by atoms with Crippen LogP contribution in [0.15, 0.2) is 52.4 Å². The molecule has 0 N–H and O–H groups in total. The Morgan fingerprint density at radius 2 is 1.75 bits per heavy atom. The Labute approximate surface area is 196 Å². The Kier molecular flexibility index (Phi) is 7.50. The van der Waals surface area contributed by atoms with Crippen LogP contribution in [0.1, 0.15) is 51.2 Å². The fraction of sp³-hybridized carbons (Fsp3) is 0.462. The van der Waals surface area contributed by atoms with Gasteiger partial charge >= 0.3 is 0 Å². The molecule has 3 rings (SSSR count). The van der Waals surface area contributed by atoms with Crippen molar-refractivity contribution < 1.29 is 14.2 Å². The van der Waals surface area contributed by atoms with Gasteiger partial charge in [-0.2, -0.15) is 0 Å². The first kappa shape index (κ1) is 24.1. The maximum absolute atomic E-state index is 6.67. The molecule has 0 saturated heterocycles. The minimum absolute atomic E-state index is 0.110. The molecule has 0 radical (unpaired) electrons. The zero-order valence-corrected chi connectivity index (χ0v) is 20.7. The number of hydrogen-bond donors (Lipinski definition) is 0. The first-order chi connectivity index (χ1) is 15.2. The molecule has 1 aliphatic heterocycles. The third kappa shape index (κ3) is 5.26. The molecule has 5 nitrogen and oxygen atoms in total. The van der Waals surface area contributed by atoms with Crippen molar-refractivity contribution in [1.82, 2.24) is 0 Å². The number of halogens is 1. The normalized spacial score (nSPS) is 21.6. The number of hydrogen-bond acceptors (Lipinski definition) is 5. The lowest BCUT2D eigenvalue weighted by Crippen LogP contribution is -2.45. The molecule has 0 spiro atoms. The van der Waals surface area contributed by atoms with Gasteiger partial charge in [0.15, 0.2) is 0 Å². The number of ether oxygens (including phenoxy) is 3. The molecule has 3 atom stereocenters. The fourth-order valence-electron chi connectivity index (χ4n) is 4.18. The second kappa shape index (κ2) is 9.95. The number of nitrogens with zero attached hydrogens (tertiary/aromatic N) is 2. The Morgan fingerprint density at radius 3 is 2.34 bits per heavy atom. The molecule has 0 fully saturated rings. The molecule has 1 unspecified atom stereocenters. The minimum Gasteiger partial charge on any atom is -0.483 e. The summed E-state index contributed by atoms with van der Waals surface area (Å²) in [5.74, 6) is 3.13. The number of rotatable bonds is 6. The van der Waals surface area contributed by atoms with Crippen LogP contribution < -0.4 is 4.74 Å². The van der Waals surface area contributed by atoms with Crippen molar-refractivity contribution in [3.05, 3.63) is 58.6 Å². The lowest BCUT2D eigenvalue weighted by molar-refractivity contribution is 0.300. The van der Waals surface area contributed by atoms with Crippen LogP contribution in [-0.4, -0.2) is 37.6 Å². The van der Waals surface area contributed by atoms with Crippen molar-refractivity contribution in [3.63, 3.8) is 0 Å². The summed E-state index contributed by atoms with van der Waals surface area (Å²) in [7, 11) is 3.30. The molecule has 2 aromatic rings. The van der Waals surface area contributed by atoms with E-state index in [2.05, 4.69) is 20.8 Å². The Morgan fingerprint density at radius 1 is 1.03 bits per heavy atom. The van der Waals surface area contributed by atoms with E-state index < -0.39 is 5.54 Å². The van der Waals surface area contributed by atoms with Crippen LogP contribution in [0.2, 0.25) is 5.02 Å². The quantitative estimate of drug-likeness (QED) is 0.479. The second-order valence-electron chi connectivity index (χ2n) is 8.96. The predicted molar refractivity (Wildman–Crippen MR) is 132 cm³/mol. The van der Waals surface area contributed by atoms with Crippen molar-refractivity contribution in [1.29, 1.82) is 0 Å². The molecule has 0 bridgehead atoms. The molecule has 0 aromatic heterocycles. The van der Waals surface area contributed by atoms with Gasteiger partial charge in [0, 0.05) is 5.02 Å². The predicted octanol–water partition coefficient (Wildman–Crippen LogP) is 6.82. The summed E-state index contributed by atoms with van der Waals surface area (Å²) < 4.78 is 17.2. The molecule has 32 heavy (non-hydrogen) atoms. The summed E-state index contributed by atoms with van der Waals surface area (Å²) in [6.45, 7) is 10.4.